The number of nitrogens with zero attached hydrogens (tertiary/aromatic N) is 2. The summed E-state index contributed by atoms with van der Waals surface area (Å²) in [6, 6.07) is 57.8. The third-order valence-electron chi connectivity index (χ3n) is 10.4. The molecule has 4 heteroatoms. The number of halogens is 2. The normalized spacial score (nSPS) is 11.4. The van der Waals surface area contributed by atoms with E-state index in [2.05, 4.69) is 234 Å². The Hall–Kier alpha value is -5.16. The summed E-state index contributed by atoms with van der Waals surface area (Å²) in [4.78, 5) is 4.72. The summed E-state index contributed by atoms with van der Waals surface area (Å²) >= 11 is 7.48. The molecular weight excluding hydrogens is 788 g/mol. The van der Waals surface area contributed by atoms with E-state index in [1.807, 2.05) is 0 Å². The minimum absolute atomic E-state index is 0.465. The van der Waals surface area contributed by atoms with Crippen molar-refractivity contribution >= 4 is 87.5 Å². The molecule has 0 unspecified atom stereocenters. The van der Waals surface area contributed by atoms with E-state index in [9.17, 15) is 0 Å². The lowest BCUT2D eigenvalue weighted by atomic mass is 9.87. The van der Waals surface area contributed by atoms with Crippen molar-refractivity contribution in [3.63, 3.8) is 0 Å². The van der Waals surface area contributed by atoms with Crippen LogP contribution in [0.5, 0.6) is 0 Å². The predicted octanol–water partition coefficient (Wildman–Crippen LogP) is 16.2. The van der Waals surface area contributed by atoms with Crippen LogP contribution in [-0.2, 0) is 0 Å². The lowest BCUT2D eigenvalue weighted by Crippen LogP contribution is -2.10. The largest absolute Gasteiger partial charge is 0.310 e. The van der Waals surface area contributed by atoms with Gasteiger partial charge in [0.15, 0.2) is 0 Å². The quantitative estimate of drug-likeness (QED) is 0.151. The summed E-state index contributed by atoms with van der Waals surface area (Å²) in [6.07, 6.45) is 0. The van der Waals surface area contributed by atoms with Crippen LogP contribution in [0.15, 0.2) is 167 Å². The van der Waals surface area contributed by atoms with Crippen LogP contribution >= 0.6 is 31.9 Å². The summed E-state index contributed by atoms with van der Waals surface area (Å²) in [5, 5.41) is 4.89. The average molecular weight is 831 g/mol. The van der Waals surface area contributed by atoms with Gasteiger partial charge >= 0.3 is 0 Å². The number of anilines is 6. The van der Waals surface area contributed by atoms with E-state index in [1.165, 1.54) is 54.9 Å². The van der Waals surface area contributed by atoms with Crippen molar-refractivity contribution in [3.8, 4) is 11.1 Å². The van der Waals surface area contributed by atoms with Crippen LogP contribution in [0.2, 0.25) is 0 Å². The molecule has 0 radical (unpaired) electrons. The van der Waals surface area contributed by atoms with E-state index in [0.29, 0.717) is 5.92 Å². The van der Waals surface area contributed by atoms with E-state index in [-0.39, 0.29) is 0 Å². The van der Waals surface area contributed by atoms with E-state index in [0.717, 1.165) is 43.1 Å². The molecule has 0 fully saturated rings. The maximum Gasteiger partial charge on any atom is 0.0472 e. The van der Waals surface area contributed by atoms with E-state index in [4.69, 9.17) is 0 Å². The van der Waals surface area contributed by atoms with Gasteiger partial charge in [0.05, 0.1) is 0 Å². The Morgan fingerprint density at radius 1 is 0.407 bits per heavy atom. The summed E-state index contributed by atoms with van der Waals surface area (Å²) in [5.74, 6) is 0.465. The number of aryl methyl sites for hydroxylation is 3. The standard InChI is InChI=1S/C50H42Br2N2/c1-32(2)36-18-24-42(25-19-36)54(44-11-7-9-40(52)29-44)46-27-21-38-17-15-35(5)50(48(38)31-46)49-34(4)14-16-37-20-26-45(30-47(37)49)53(41-22-12-33(3)13-23-41)43-10-6-8-39(51)28-43/h6-32H,1-5H3. The van der Waals surface area contributed by atoms with E-state index in [1.54, 1.807) is 0 Å². The maximum atomic E-state index is 3.75. The molecule has 0 aliphatic heterocycles. The van der Waals surface area contributed by atoms with E-state index < -0.39 is 0 Å². The van der Waals surface area contributed by atoms with E-state index >= 15 is 0 Å². The Balaban J connectivity index is 1.35. The van der Waals surface area contributed by atoms with Crippen LogP contribution in [0.1, 0.15) is 42.0 Å². The number of fused-ring (bicyclic) bond motifs is 2. The molecular formula is C50H42Br2N2. The zero-order valence-electron chi connectivity index (χ0n) is 31.2. The first-order valence-electron chi connectivity index (χ1n) is 18.5. The third-order valence-corrected chi connectivity index (χ3v) is 11.4. The van der Waals surface area contributed by atoms with Crippen LogP contribution in [0.3, 0.4) is 0 Å². The van der Waals surface area contributed by atoms with Crippen molar-refractivity contribution in [1.29, 1.82) is 0 Å². The van der Waals surface area contributed by atoms with Gasteiger partial charge in [-0.3, -0.25) is 0 Å². The summed E-state index contributed by atoms with van der Waals surface area (Å²) < 4.78 is 2.09. The van der Waals surface area contributed by atoms with Crippen LogP contribution in [0.4, 0.5) is 34.1 Å². The number of benzene rings is 8. The second kappa shape index (κ2) is 14.9. The van der Waals surface area contributed by atoms with Gasteiger partial charge in [0, 0.05) is 43.1 Å². The lowest BCUT2D eigenvalue weighted by Gasteiger charge is -2.27. The molecule has 0 aliphatic carbocycles. The van der Waals surface area contributed by atoms with Gasteiger partial charge < -0.3 is 9.80 Å². The smallest absolute Gasteiger partial charge is 0.0472 e. The molecule has 0 saturated carbocycles. The van der Waals surface area contributed by atoms with Crippen molar-refractivity contribution in [3.05, 3.63) is 189 Å². The van der Waals surface area contributed by atoms with Crippen LogP contribution in [0.25, 0.3) is 32.7 Å². The molecule has 54 heavy (non-hydrogen) atoms. The molecule has 8 aromatic rings. The average Bonchev–Trinajstić information content (AvgIpc) is 3.16. The molecule has 0 heterocycles. The van der Waals surface area contributed by atoms with Gasteiger partial charge in [-0.05, 0) is 161 Å². The molecule has 0 aliphatic rings. The maximum absolute atomic E-state index is 3.75. The van der Waals surface area contributed by atoms with Gasteiger partial charge in [-0.2, -0.15) is 0 Å². The fourth-order valence-corrected chi connectivity index (χ4v) is 8.38. The molecule has 266 valence electrons. The number of rotatable bonds is 8. The van der Waals surface area contributed by atoms with Crippen LogP contribution in [-0.4, -0.2) is 0 Å². The molecule has 0 amide bonds. The van der Waals surface area contributed by atoms with Crippen LogP contribution in [0, 0.1) is 20.8 Å². The molecule has 0 saturated heterocycles. The number of hydrogen-bond acceptors (Lipinski definition) is 2. The lowest BCUT2D eigenvalue weighted by molar-refractivity contribution is 0.866. The topological polar surface area (TPSA) is 6.48 Å². The van der Waals surface area contributed by atoms with Crippen molar-refractivity contribution in [1.82, 2.24) is 0 Å². The predicted molar refractivity (Wildman–Crippen MR) is 240 cm³/mol. The molecule has 8 aromatic carbocycles. The first kappa shape index (κ1) is 35.8. The van der Waals surface area contributed by atoms with Gasteiger partial charge in [0.2, 0.25) is 0 Å². The zero-order chi connectivity index (χ0) is 37.5. The van der Waals surface area contributed by atoms with Crippen molar-refractivity contribution in [2.24, 2.45) is 0 Å². The minimum Gasteiger partial charge on any atom is -0.310 e. The highest BCUT2D eigenvalue weighted by Crippen LogP contribution is 2.45. The molecule has 8 rings (SSSR count). The molecule has 0 bridgehead atoms. The Morgan fingerprint density at radius 3 is 1.22 bits per heavy atom. The number of hydrogen-bond donors (Lipinski definition) is 0. The molecule has 0 atom stereocenters. The first-order valence-corrected chi connectivity index (χ1v) is 20.1. The molecule has 2 nitrogen and oxygen atoms in total. The zero-order valence-corrected chi connectivity index (χ0v) is 34.4. The minimum atomic E-state index is 0.465. The van der Waals surface area contributed by atoms with Gasteiger partial charge in [-0.15, -0.1) is 0 Å². The summed E-state index contributed by atoms with van der Waals surface area (Å²) in [7, 11) is 0. The Kier molecular flexibility index (Phi) is 9.91. The van der Waals surface area contributed by atoms with Crippen LogP contribution < -0.4 is 9.80 Å². The molecule has 0 N–H and O–H groups in total. The highest BCUT2D eigenvalue weighted by atomic mass is 79.9. The van der Waals surface area contributed by atoms with Crippen molar-refractivity contribution in [2.75, 3.05) is 9.80 Å². The monoisotopic (exact) mass is 828 g/mol. The fourth-order valence-electron chi connectivity index (χ4n) is 7.60. The Bertz CT molecular complexity index is 2640. The second-order valence-corrected chi connectivity index (χ2v) is 16.4. The molecule has 0 aromatic heterocycles. The molecule has 0 spiro atoms. The first-order chi connectivity index (χ1) is 26.1. The van der Waals surface area contributed by atoms with Gasteiger partial charge in [-0.25, -0.2) is 0 Å². The fraction of sp³-hybridized carbons (Fsp3) is 0.120. The van der Waals surface area contributed by atoms with Gasteiger partial charge in [-0.1, -0.05) is 124 Å². The van der Waals surface area contributed by atoms with Crippen molar-refractivity contribution in [2.45, 2.75) is 40.5 Å². The third kappa shape index (κ3) is 6.97. The SMILES string of the molecule is Cc1ccc(N(c2cccc(Br)c2)c2ccc3ccc(C)c(-c4c(C)ccc5ccc(N(c6ccc(C(C)C)cc6)c6cccc(Br)c6)cc45)c3c2)cc1. The highest BCUT2D eigenvalue weighted by Gasteiger charge is 2.20. The van der Waals surface area contributed by atoms with Gasteiger partial charge in [0.25, 0.3) is 0 Å². The Morgan fingerprint density at radius 2 is 0.796 bits per heavy atom. The highest BCUT2D eigenvalue weighted by molar-refractivity contribution is 9.10. The van der Waals surface area contributed by atoms with Gasteiger partial charge in [0.1, 0.15) is 0 Å². The second-order valence-electron chi connectivity index (χ2n) is 14.5. The Labute approximate surface area is 336 Å². The summed E-state index contributed by atoms with van der Waals surface area (Å²) in [6.45, 7) is 11.1. The summed E-state index contributed by atoms with van der Waals surface area (Å²) in [5.41, 5.74) is 14.3. The van der Waals surface area contributed by atoms with Crippen molar-refractivity contribution < 1.29 is 0 Å².